The molecule has 0 rings (SSSR count). The first-order valence-corrected chi connectivity index (χ1v) is 18.0. The Labute approximate surface area is 281 Å². The van der Waals surface area contributed by atoms with Crippen LogP contribution in [0.2, 0.25) is 0 Å². The molecule has 6 heteroatoms. The van der Waals surface area contributed by atoms with Crippen LogP contribution in [0.25, 0.3) is 0 Å². The first kappa shape index (κ1) is 48.8. The molecule has 0 saturated heterocycles. The number of hydrogen-bond donors (Lipinski definition) is 2. The van der Waals surface area contributed by atoms with Crippen molar-refractivity contribution < 1.29 is 39.3 Å². The van der Waals surface area contributed by atoms with E-state index in [0.29, 0.717) is 12.8 Å². The van der Waals surface area contributed by atoms with E-state index in [2.05, 4.69) is 13.8 Å². The number of unbranched alkanes of at least 4 members (excludes halogenated alkanes) is 28. The number of carbonyl (C=O) groups is 2. The second kappa shape index (κ2) is 45.3. The van der Waals surface area contributed by atoms with Crippen LogP contribution in [-0.2, 0) is 29.1 Å². The van der Waals surface area contributed by atoms with Crippen molar-refractivity contribution in [1.82, 2.24) is 0 Å². The number of halogens is 1. The number of rotatable bonds is 32. The number of carboxylic acids is 2. The number of hydrogen-bond acceptors (Lipinski definition) is 2. The maximum absolute atomic E-state index is 10.3. The van der Waals surface area contributed by atoms with Gasteiger partial charge in [0.25, 0.3) is 0 Å². The van der Waals surface area contributed by atoms with Crippen molar-refractivity contribution in [3.05, 3.63) is 0 Å². The van der Waals surface area contributed by atoms with E-state index in [-0.39, 0.29) is 31.9 Å². The average Bonchev–Trinajstić information content (AvgIpc) is 2.93. The van der Waals surface area contributed by atoms with Crippen LogP contribution >= 0.6 is 12.4 Å². The molecule has 0 aliphatic carbocycles. The first-order valence-electron chi connectivity index (χ1n) is 18.0. The molecule has 0 amide bonds. The topological polar surface area (TPSA) is 74.6 Å². The maximum atomic E-state index is 10.3. The van der Waals surface area contributed by atoms with Crippen LogP contribution in [0.15, 0.2) is 0 Å². The van der Waals surface area contributed by atoms with Crippen molar-refractivity contribution in [3.63, 3.8) is 0 Å². The molecule has 0 aromatic carbocycles. The van der Waals surface area contributed by atoms with Gasteiger partial charge in [0, 0.05) is 32.3 Å². The number of aliphatic carboxylic acids is 2. The standard InChI is InChI=1S/2C18H36O2.ClH.Zn/c2*1-2-3-4-5-6-7-8-9-10-11-12-13-14-15-16-17-18(19)20;;/h2*2-17H2,1H3,(H,19,20);1H;. The van der Waals surface area contributed by atoms with E-state index >= 15 is 0 Å². The van der Waals surface area contributed by atoms with Crippen molar-refractivity contribution in [2.75, 3.05) is 0 Å². The minimum atomic E-state index is -0.653. The van der Waals surface area contributed by atoms with Gasteiger partial charge in [-0.05, 0) is 12.8 Å². The van der Waals surface area contributed by atoms with Gasteiger partial charge in [-0.15, -0.1) is 12.4 Å². The zero-order valence-electron chi connectivity index (χ0n) is 28.5. The monoisotopic (exact) mass is 668 g/mol. The van der Waals surface area contributed by atoms with Crippen LogP contribution < -0.4 is 0 Å². The third-order valence-corrected chi connectivity index (χ3v) is 7.99. The summed E-state index contributed by atoms with van der Waals surface area (Å²) in [7, 11) is 0. The zero-order chi connectivity index (χ0) is 29.8. The Kier molecular flexibility index (Phi) is 52.6. The predicted molar refractivity (Wildman–Crippen MR) is 182 cm³/mol. The van der Waals surface area contributed by atoms with Crippen molar-refractivity contribution in [1.29, 1.82) is 0 Å². The Bertz CT molecular complexity index is 461. The molecule has 0 atom stereocenters. The Balaban J connectivity index is -0.000000328. The predicted octanol–water partition coefficient (Wildman–Crippen LogP) is 13.1. The SMILES string of the molecule is CCCCCCCCCCCCCCCCCC(=O)O.CCCCCCCCCCCCCCCCCC(=O)O.Cl.[Zn]. The summed E-state index contributed by atoms with van der Waals surface area (Å²) < 4.78 is 0. The summed E-state index contributed by atoms with van der Waals surface area (Å²) >= 11 is 0. The summed E-state index contributed by atoms with van der Waals surface area (Å²) in [5.74, 6) is -1.31. The van der Waals surface area contributed by atoms with Gasteiger partial charge in [0.15, 0.2) is 0 Å². The maximum Gasteiger partial charge on any atom is 0.303 e. The average molecular weight is 671 g/mol. The third-order valence-electron chi connectivity index (χ3n) is 7.99. The summed E-state index contributed by atoms with van der Waals surface area (Å²) in [6, 6.07) is 0. The van der Waals surface area contributed by atoms with E-state index in [1.54, 1.807) is 0 Å². The largest absolute Gasteiger partial charge is 0.481 e. The number of carboxylic acid groups (broad SMARTS) is 2. The van der Waals surface area contributed by atoms with Gasteiger partial charge in [-0.2, -0.15) is 0 Å². The fourth-order valence-corrected chi connectivity index (χ4v) is 5.30. The van der Waals surface area contributed by atoms with Crippen LogP contribution in [-0.4, -0.2) is 22.2 Å². The Hall–Kier alpha value is -0.147. The molecular formula is C36H73ClO4Zn. The molecule has 4 nitrogen and oxygen atoms in total. The molecule has 0 spiro atoms. The van der Waals surface area contributed by atoms with Crippen LogP contribution in [0.4, 0.5) is 0 Å². The zero-order valence-corrected chi connectivity index (χ0v) is 32.2. The molecule has 0 fully saturated rings. The fourth-order valence-electron chi connectivity index (χ4n) is 5.30. The van der Waals surface area contributed by atoms with Crippen LogP contribution in [0.1, 0.15) is 219 Å². The summed E-state index contributed by atoms with van der Waals surface area (Å²) in [4.78, 5) is 20.7. The molecule has 0 aromatic rings. The van der Waals surface area contributed by atoms with Crippen LogP contribution in [0.5, 0.6) is 0 Å². The van der Waals surface area contributed by atoms with Crippen molar-refractivity contribution in [3.8, 4) is 0 Å². The van der Waals surface area contributed by atoms with Gasteiger partial charge in [-0.3, -0.25) is 9.59 Å². The molecule has 0 aliphatic heterocycles. The summed E-state index contributed by atoms with van der Waals surface area (Å²) in [5.41, 5.74) is 0. The van der Waals surface area contributed by atoms with Gasteiger partial charge >= 0.3 is 11.9 Å². The molecular weight excluding hydrogens is 597 g/mol. The van der Waals surface area contributed by atoms with Gasteiger partial charge in [0.2, 0.25) is 0 Å². The van der Waals surface area contributed by atoms with E-state index in [9.17, 15) is 9.59 Å². The quantitative estimate of drug-likeness (QED) is 0.0552. The molecule has 0 saturated carbocycles. The van der Waals surface area contributed by atoms with E-state index < -0.39 is 11.9 Å². The second-order valence-corrected chi connectivity index (χ2v) is 12.2. The molecule has 2 N–H and O–H groups in total. The molecule has 0 heterocycles. The third kappa shape index (κ3) is 52.5. The minimum Gasteiger partial charge on any atom is -0.481 e. The minimum absolute atomic E-state index is 0. The molecule has 0 bridgehead atoms. The second-order valence-electron chi connectivity index (χ2n) is 12.2. The molecule has 0 aromatic heterocycles. The Morgan fingerprint density at radius 3 is 0.619 bits per heavy atom. The van der Waals surface area contributed by atoms with E-state index in [4.69, 9.17) is 10.2 Å². The van der Waals surface area contributed by atoms with Crippen molar-refractivity contribution in [2.24, 2.45) is 0 Å². The molecule has 42 heavy (non-hydrogen) atoms. The van der Waals surface area contributed by atoms with E-state index in [0.717, 1.165) is 25.7 Å². The Morgan fingerprint density at radius 1 is 0.333 bits per heavy atom. The molecule has 0 aliphatic rings. The van der Waals surface area contributed by atoms with Gasteiger partial charge < -0.3 is 10.2 Å². The van der Waals surface area contributed by atoms with E-state index in [1.807, 2.05) is 0 Å². The first-order chi connectivity index (χ1) is 19.5. The Morgan fingerprint density at radius 2 is 0.476 bits per heavy atom. The van der Waals surface area contributed by atoms with Gasteiger partial charge in [0.05, 0.1) is 0 Å². The molecule has 250 valence electrons. The molecule has 0 unspecified atom stereocenters. The van der Waals surface area contributed by atoms with Gasteiger partial charge in [0.1, 0.15) is 0 Å². The van der Waals surface area contributed by atoms with Crippen molar-refractivity contribution >= 4 is 24.3 Å². The summed E-state index contributed by atoms with van der Waals surface area (Å²) in [5, 5.41) is 17.0. The summed E-state index contributed by atoms with van der Waals surface area (Å²) in [6.45, 7) is 4.54. The smallest absolute Gasteiger partial charge is 0.303 e. The summed E-state index contributed by atoms with van der Waals surface area (Å²) in [6.07, 6.45) is 40.4. The molecule has 0 radical (unpaired) electrons. The van der Waals surface area contributed by atoms with Crippen LogP contribution in [0, 0.1) is 0 Å². The van der Waals surface area contributed by atoms with E-state index in [1.165, 1.54) is 167 Å². The fraction of sp³-hybridized carbons (Fsp3) is 0.944. The van der Waals surface area contributed by atoms with Crippen molar-refractivity contribution in [2.45, 2.75) is 219 Å². The van der Waals surface area contributed by atoms with Gasteiger partial charge in [-0.1, -0.05) is 194 Å². The van der Waals surface area contributed by atoms with Gasteiger partial charge in [-0.25, -0.2) is 0 Å². The normalized spacial score (nSPS) is 10.3. The van der Waals surface area contributed by atoms with Crippen LogP contribution in [0.3, 0.4) is 0 Å².